The second-order valence-electron chi connectivity index (χ2n) is 8.68. The quantitative estimate of drug-likeness (QED) is 0.228. The predicted octanol–water partition coefficient (Wildman–Crippen LogP) is 8.12. The van der Waals surface area contributed by atoms with E-state index < -0.39 is 0 Å². The van der Waals surface area contributed by atoms with Gasteiger partial charge in [-0.1, -0.05) is 87.9 Å². The maximum Gasteiger partial charge on any atom is -0.00234 e. The van der Waals surface area contributed by atoms with E-state index in [4.69, 9.17) is 0 Å². The van der Waals surface area contributed by atoms with Gasteiger partial charge in [0.1, 0.15) is 0 Å². The number of fused-ring (bicyclic) bond motifs is 2. The van der Waals surface area contributed by atoms with E-state index in [-0.39, 0.29) is 5.41 Å². The summed E-state index contributed by atoms with van der Waals surface area (Å²) >= 11 is 0. The fraction of sp³-hybridized carbons (Fsp3) is 0.259. The highest BCUT2D eigenvalue weighted by molar-refractivity contribution is 6.33. The Hall–Kier alpha value is -2.60. The minimum atomic E-state index is 0.186. The summed E-state index contributed by atoms with van der Waals surface area (Å²) in [5.74, 6) is 0. The summed E-state index contributed by atoms with van der Waals surface area (Å²) in [6.07, 6.45) is 2.41. The molecule has 0 spiro atoms. The van der Waals surface area contributed by atoms with Crippen LogP contribution in [-0.4, -0.2) is 0 Å². The van der Waals surface area contributed by atoms with Gasteiger partial charge >= 0.3 is 0 Å². The van der Waals surface area contributed by atoms with Crippen LogP contribution in [0.25, 0.3) is 43.1 Å². The Morgan fingerprint density at radius 3 is 1.81 bits per heavy atom. The summed E-state index contributed by atoms with van der Waals surface area (Å²) in [5.41, 5.74) is 3.02. The Balaban J connectivity index is 2.04. The van der Waals surface area contributed by atoms with E-state index in [2.05, 4.69) is 88.4 Å². The van der Waals surface area contributed by atoms with Crippen molar-refractivity contribution in [2.45, 2.75) is 46.0 Å². The summed E-state index contributed by atoms with van der Waals surface area (Å²) in [7, 11) is 0. The van der Waals surface area contributed by atoms with Crippen molar-refractivity contribution in [1.82, 2.24) is 0 Å². The Morgan fingerprint density at radius 1 is 0.630 bits per heavy atom. The standard InChI is InChI=1S/C27H26/c1-5-16-27(3,4)24-15-14-22-19-9-6-8-18-17(2)12-13-21(25(18)19)20-10-7-11-23(24)26(20)22/h6-15H,5,16H2,1-4H3. The van der Waals surface area contributed by atoms with Crippen LogP contribution in [0.2, 0.25) is 0 Å². The summed E-state index contributed by atoms with van der Waals surface area (Å²) in [4.78, 5) is 0. The lowest BCUT2D eigenvalue weighted by Gasteiger charge is -2.27. The van der Waals surface area contributed by atoms with E-state index in [1.807, 2.05) is 0 Å². The number of aryl methyl sites for hydroxylation is 1. The van der Waals surface area contributed by atoms with Crippen LogP contribution in [0.3, 0.4) is 0 Å². The molecule has 0 N–H and O–H groups in total. The molecule has 134 valence electrons. The van der Waals surface area contributed by atoms with Crippen LogP contribution in [0.4, 0.5) is 0 Å². The monoisotopic (exact) mass is 350 g/mol. The molecule has 5 rings (SSSR count). The molecule has 0 bridgehead atoms. The van der Waals surface area contributed by atoms with Gasteiger partial charge in [-0.05, 0) is 73.0 Å². The molecule has 0 heteroatoms. The average molecular weight is 351 g/mol. The highest BCUT2D eigenvalue weighted by atomic mass is 14.3. The Kier molecular flexibility index (Phi) is 3.49. The van der Waals surface area contributed by atoms with Gasteiger partial charge < -0.3 is 0 Å². The van der Waals surface area contributed by atoms with Crippen molar-refractivity contribution in [3.8, 4) is 0 Å². The van der Waals surface area contributed by atoms with Crippen molar-refractivity contribution >= 4 is 43.1 Å². The zero-order chi connectivity index (χ0) is 18.8. The minimum Gasteiger partial charge on any atom is -0.0654 e. The first kappa shape index (κ1) is 16.6. The van der Waals surface area contributed by atoms with Crippen molar-refractivity contribution in [3.05, 3.63) is 71.8 Å². The fourth-order valence-electron chi connectivity index (χ4n) is 5.21. The smallest absolute Gasteiger partial charge is 0.00234 e. The normalized spacial score (nSPS) is 12.7. The Labute approximate surface area is 161 Å². The summed E-state index contributed by atoms with van der Waals surface area (Å²) in [5, 5.41) is 11.2. The topological polar surface area (TPSA) is 0 Å². The Morgan fingerprint density at radius 2 is 1.15 bits per heavy atom. The lowest BCUT2D eigenvalue weighted by molar-refractivity contribution is 0.477. The molecule has 0 saturated heterocycles. The van der Waals surface area contributed by atoms with E-state index in [1.165, 1.54) is 67.1 Å². The van der Waals surface area contributed by atoms with Gasteiger partial charge in [-0.3, -0.25) is 0 Å². The van der Waals surface area contributed by atoms with Crippen molar-refractivity contribution in [1.29, 1.82) is 0 Å². The molecular formula is C27H26. The number of hydrogen-bond donors (Lipinski definition) is 0. The molecule has 0 atom stereocenters. The van der Waals surface area contributed by atoms with Gasteiger partial charge in [0, 0.05) is 0 Å². The molecule has 0 aromatic heterocycles. The fourth-order valence-corrected chi connectivity index (χ4v) is 5.21. The molecule has 0 aliphatic rings. The van der Waals surface area contributed by atoms with E-state index in [0.29, 0.717) is 0 Å². The molecule has 0 radical (unpaired) electrons. The maximum atomic E-state index is 2.39. The van der Waals surface area contributed by atoms with Gasteiger partial charge in [0.05, 0.1) is 0 Å². The lowest BCUT2D eigenvalue weighted by Crippen LogP contribution is -2.17. The zero-order valence-electron chi connectivity index (χ0n) is 16.7. The van der Waals surface area contributed by atoms with Crippen LogP contribution in [0.5, 0.6) is 0 Å². The van der Waals surface area contributed by atoms with Crippen molar-refractivity contribution in [2.75, 3.05) is 0 Å². The van der Waals surface area contributed by atoms with Crippen molar-refractivity contribution in [3.63, 3.8) is 0 Å². The third kappa shape index (κ3) is 2.22. The van der Waals surface area contributed by atoms with Gasteiger partial charge in [0.25, 0.3) is 0 Å². The molecule has 0 fully saturated rings. The molecule has 0 unspecified atom stereocenters. The molecule has 5 aromatic carbocycles. The first-order chi connectivity index (χ1) is 13.0. The number of benzene rings is 5. The first-order valence-electron chi connectivity index (χ1n) is 10.1. The van der Waals surface area contributed by atoms with Crippen LogP contribution < -0.4 is 0 Å². The second-order valence-corrected chi connectivity index (χ2v) is 8.68. The molecule has 27 heavy (non-hydrogen) atoms. The van der Waals surface area contributed by atoms with Gasteiger partial charge in [0.15, 0.2) is 0 Å². The average Bonchev–Trinajstić information content (AvgIpc) is 2.66. The van der Waals surface area contributed by atoms with E-state index in [9.17, 15) is 0 Å². The molecule has 5 aromatic rings. The van der Waals surface area contributed by atoms with Gasteiger partial charge in [0.2, 0.25) is 0 Å². The molecule has 0 aliphatic heterocycles. The van der Waals surface area contributed by atoms with Crippen LogP contribution in [0.15, 0.2) is 60.7 Å². The van der Waals surface area contributed by atoms with Crippen molar-refractivity contribution < 1.29 is 0 Å². The molecule has 0 amide bonds. The molecule has 0 saturated carbocycles. The molecule has 0 aliphatic carbocycles. The minimum absolute atomic E-state index is 0.186. The molecule has 0 heterocycles. The van der Waals surface area contributed by atoms with Crippen LogP contribution >= 0.6 is 0 Å². The van der Waals surface area contributed by atoms with Crippen molar-refractivity contribution in [2.24, 2.45) is 0 Å². The van der Waals surface area contributed by atoms with E-state index in [0.717, 1.165) is 0 Å². The van der Waals surface area contributed by atoms with Crippen LogP contribution in [0, 0.1) is 6.92 Å². The highest BCUT2D eigenvalue weighted by Crippen LogP contribution is 2.44. The largest absolute Gasteiger partial charge is 0.0654 e. The van der Waals surface area contributed by atoms with Gasteiger partial charge in [-0.25, -0.2) is 0 Å². The van der Waals surface area contributed by atoms with Gasteiger partial charge in [-0.15, -0.1) is 0 Å². The lowest BCUT2D eigenvalue weighted by atomic mass is 9.76. The summed E-state index contributed by atoms with van der Waals surface area (Å²) in [6, 6.07) is 23.0. The Bertz CT molecular complexity index is 1280. The third-order valence-corrected chi connectivity index (χ3v) is 6.48. The second kappa shape index (κ2) is 5.70. The predicted molar refractivity (Wildman–Crippen MR) is 120 cm³/mol. The molecule has 0 nitrogen and oxygen atoms in total. The summed E-state index contributed by atoms with van der Waals surface area (Å²) in [6.45, 7) is 9.28. The summed E-state index contributed by atoms with van der Waals surface area (Å²) < 4.78 is 0. The van der Waals surface area contributed by atoms with Crippen LogP contribution in [0.1, 0.15) is 44.7 Å². The molecular weight excluding hydrogens is 324 g/mol. The highest BCUT2D eigenvalue weighted by Gasteiger charge is 2.23. The number of rotatable bonds is 3. The maximum absolute atomic E-state index is 2.39. The first-order valence-corrected chi connectivity index (χ1v) is 10.1. The SMILES string of the molecule is CCCC(C)(C)c1ccc2c3cccc4c(C)ccc(c5cccc1c52)c43. The third-order valence-electron chi connectivity index (χ3n) is 6.48. The zero-order valence-corrected chi connectivity index (χ0v) is 16.7. The van der Waals surface area contributed by atoms with Gasteiger partial charge in [-0.2, -0.15) is 0 Å². The van der Waals surface area contributed by atoms with E-state index >= 15 is 0 Å². The number of hydrogen-bond acceptors (Lipinski definition) is 0. The van der Waals surface area contributed by atoms with E-state index in [1.54, 1.807) is 0 Å². The van der Waals surface area contributed by atoms with Crippen LogP contribution in [-0.2, 0) is 5.41 Å².